The summed E-state index contributed by atoms with van der Waals surface area (Å²) in [6, 6.07) is 11.5. The third-order valence-corrected chi connectivity index (χ3v) is 4.32. The Morgan fingerprint density at radius 2 is 1.71 bits per heavy atom. The van der Waals surface area contributed by atoms with Crippen molar-refractivity contribution in [3.8, 4) is 5.75 Å². The lowest BCUT2D eigenvalue weighted by Gasteiger charge is -2.21. The molecule has 0 saturated carbocycles. The van der Waals surface area contributed by atoms with Gasteiger partial charge >= 0.3 is 0 Å². The first-order chi connectivity index (χ1) is 11.3. The molecule has 0 saturated heterocycles. The molecule has 0 unspecified atom stereocenters. The maximum atomic E-state index is 13.0. The van der Waals surface area contributed by atoms with Crippen LogP contribution in [0.4, 0.5) is 15.8 Å². The fourth-order valence-corrected chi connectivity index (χ4v) is 2.87. The van der Waals surface area contributed by atoms with E-state index in [4.69, 9.17) is 4.74 Å². The van der Waals surface area contributed by atoms with E-state index in [2.05, 4.69) is 5.32 Å². The Bertz CT molecular complexity index is 805. The highest BCUT2D eigenvalue weighted by Crippen LogP contribution is 2.19. The number of rotatable bonds is 6. The molecule has 0 bridgehead atoms. The van der Waals surface area contributed by atoms with Crippen LogP contribution in [0.15, 0.2) is 48.5 Å². The molecule has 2 rings (SSSR count). The number of carbonyl (C=O) groups excluding carboxylic acids is 1. The molecule has 0 aromatic heterocycles. The molecule has 0 aliphatic carbocycles. The average molecular weight is 352 g/mol. The molecule has 0 aliphatic rings. The van der Waals surface area contributed by atoms with Crippen LogP contribution in [-0.2, 0) is 14.8 Å². The van der Waals surface area contributed by atoms with Gasteiger partial charge < -0.3 is 10.1 Å². The van der Waals surface area contributed by atoms with Crippen molar-refractivity contribution >= 4 is 27.3 Å². The normalized spacial score (nSPS) is 11.0. The van der Waals surface area contributed by atoms with Crippen molar-refractivity contribution in [3.05, 3.63) is 54.3 Å². The van der Waals surface area contributed by atoms with Crippen molar-refractivity contribution in [1.82, 2.24) is 0 Å². The Labute approximate surface area is 139 Å². The van der Waals surface area contributed by atoms with E-state index in [1.54, 1.807) is 24.3 Å². The Morgan fingerprint density at radius 3 is 2.21 bits per heavy atom. The van der Waals surface area contributed by atoms with Crippen molar-refractivity contribution in [3.63, 3.8) is 0 Å². The summed E-state index contributed by atoms with van der Waals surface area (Å²) in [6.07, 6.45) is 0.983. The van der Waals surface area contributed by atoms with Gasteiger partial charge in [-0.2, -0.15) is 0 Å². The molecule has 2 aromatic rings. The van der Waals surface area contributed by atoms with Crippen LogP contribution in [0.2, 0.25) is 0 Å². The minimum Gasteiger partial charge on any atom is -0.497 e. The van der Waals surface area contributed by atoms with Gasteiger partial charge in [-0.05, 0) is 48.5 Å². The molecule has 0 atom stereocenters. The van der Waals surface area contributed by atoms with E-state index < -0.39 is 28.3 Å². The smallest absolute Gasteiger partial charge is 0.245 e. The molecule has 1 N–H and O–H groups in total. The van der Waals surface area contributed by atoms with E-state index in [1.165, 1.54) is 19.2 Å². The van der Waals surface area contributed by atoms with Crippen LogP contribution in [0.1, 0.15) is 0 Å². The lowest BCUT2D eigenvalue weighted by Crippen LogP contribution is -2.37. The van der Waals surface area contributed by atoms with Gasteiger partial charge in [0.1, 0.15) is 18.1 Å². The van der Waals surface area contributed by atoms with Gasteiger partial charge in [0.05, 0.1) is 19.1 Å². The maximum Gasteiger partial charge on any atom is 0.245 e. The highest BCUT2D eigenvalue weighted by molar-refractivity contribution is 7.92. The van der Waals surface area contributed by atoms with Gasteiger partial charge in [-0.15, -0.1) is 0 Å². The van der Waals surface area contributed by atoms with Crippen molar-refractivity contribution in [2.45, 2.75) is 0 Å². The van der Waals surface area contributed by atoms with Gasteiger partial charge in [0.2, 0.25) is 15.9 Å². The number of hydrogen-bond donors (Lipinski definition) is 1. The molecule has 8 heteroatoms. The summed E-state index contributed by atoms with van der Waals surface area (Å²) in [5.74, 6) is -0.373. The number of benzene rings is 2. The second-order valence-corrected chi connectivity index (χ2v) is 6.93. The Balaban J connectivity index is 2.14. The molecule has 0 fully saturated rings. The van der Waals surface area contributed by atoms with Crippen molar-refractivity contribution in [1.29, 1.82) is 0 Å². The lowest BCUT2D eigenvalue weighted by molar-refractivity contribution is -0.114. The predicted molar refractivity (Wildman–Crippen MR) is 90.2 cm³/mol. The molecular weight excluding hydrogens is 335 g/mol. The standard InChI is InChI=1S/C16H17FN2O4S/c1-23-15-9-5-13(6-10-15)18-16(20)11-19(24(2,21)22)14-7-3-12(17)4-8-14/h3-10H,11H2,1-2H3,(H,18,20). The molecular formula is C16H17FN2O4S. The number of sulfonamides is 1. The molecule has 128 valence electrons. The fraction of sp³-hybridized carbons (Fsp3) is 0.188. The average Bonchev–Trinajstić information content (AvgIpc) is 2.53. The summed E-state index contributed by atoms with van der Waals surface area (Å²) in [5, 5.41) is 2.60. The van der Waals surface area contributed by atoms with Crippen LogP contribution in [0.5, 0.6) is 5.75 Å². The third-order valence-electron chi connectivity index (χ3n) is 3.18. The SMILES string of the molecule is COc1ccc(NC(=O)CN(c2ccc(F)cc2)S(C)(=O)=O)cc1. The van der Waals surface area contributed by atoms with Gasteiger partial charge in [0.25, 0.3) is 0 Å². The quantitative estimate of drug-likeness (QED) is 0.865. The van der Waals surface area contributed by atoms with Gasteiger partial charge in [0, 0.05) is 5.69 Å². The molecule has 2 aromatic carbocycles. The predicted octanol–water partition coefficient (Wildman–Crippen LogP) is 2.24. The number of anilines is 2. The zero-order valence-corrected chi connectivity index (χ0v) is 14.0. The Kier molecular flexibility index (Phi) is 5.40. The van der Waals surface area contributed by atoms with Gasteiger partial charge in [-0.3, -0.25) is 9.10 Å². The molecule has 0 heterocycles. The lowest BCUT2D eigenvalue weighted by atomic mass is 10.3. The van der Waals surface area contributed by atoms with E-state index in [0.29, 0.717) is 11.4 Å². The van der Waals surface area contributed by atoms with Gasteiger partial charge in [-0.1, -0.05) is 0 Å². The number of nitrogens with one attached hydrogen (secondary N) is 1. The van der Waals surface area contributed by atoms with Crippen LogP contribution in [0.25, 0.3) is 0 Å². The van der Waals surface area contributed by atoms with E-state index in [0.717, 1.165) is 22.7 Å². The molecule has 0 aliphatic heterocycles. The second-order valence-electron chi connectivity index (χ2n) is 5.02. The topological polar surface area (TPSA) is 75.7 Å². The maximum absolute atomic E-state index is 13.0. The minimum absolute atomic E-state index is 0.212. The number of ether oxygens (including phenoxy) is 1. The first kappa shape index (κ1) is 17.7. The zero-order valence-electron chi connectivity index (χ0n) is 13.2. The molecule has 1 amide bonds. The van der Waals surface area contributed by atoms with Gasteiger partial charge in [0.15, 0.2) is 0 Å². The summed E-state index contributed by atoms with van der Waals surface area (Å²) in [6.45, 7) is -0.420. The summed E-state index contributed by atoms with van der Waals surface area (Å²) in [5.41, 5.74) is 0.720. The van der Waals surface area contributed by atoms with Crippen LogP contribution < -0.4 is 14.4 Å². The molecule has 0 spiro atoms. The van der Waals surface area contributed by atoms with E-state index >= 15 is 0 Å². The number of halogens is 1. The third kappa shape index (κ3) is 4.69. The highest BCUT2D eigenvalue weighted by Gasteiger charge is 2.21. The monoisotopic (exact) mass is 352 g/mol. The van der Waals surface area contributed by atoms with Gasteiger partial charge in [-0.25, -0.2) is 12.8 Å². The minimum atomic E-state index is -3.70. The Hall–Kier alpha value is -2.61. The second kappa shape index (κ2) is 7.31. The number of carbonyl (C=O) groups is 1. The largest absolute Gasteiger partial charge is 0.497 e. The van der Waals surface area contributed by atoms with Crippen LogP contribution in [-0.4, -0.2) is 34.2 Å². The van der Waals surface area contributed by atoms with E-state index in [9.17, 15) is 17.6 Å². The summed E-state index contributed by atoms with van der Waals surface area (Å²) < 4.78 is 42.8. The number of nitrogens with zero attached hydrogens (tertiary/aromatic N) is 1. The number of amides is 1. The summed E-state index contributed by atoms with van der Waals surface area (Å²) in [4.78, 5) is 12.1. The van der Waals surface area contributed by atoms with E-state index in [-0.39, 0.29) is 5.69 Å². The van der Waals surface area contributed by atoms with Crippen molar-refractivity contribution in [2.75, 3.05) is 29.5 Å². The first-order valence-electron chi connectivity index (χ1n) is 6.97. The number of methoxy groups -OCH3 is 1. The first-order valence-corrected chi connectivity index (χ1v) is 8.81. The highest BCUT2D eigenvalue weighted by atomic mass is 32.2. The molecule has 0 radical (unpaired) electrons. The van der Waals surface area contributed by atoms with Crippen molar-refractivity contribution < 1.29 is 22.3 Å². The van der Waals surface area contributed by atoms with Crippen LogP contribution >= 0.6 is 0 Å². The summed E-state index contributed by atoms with van der Waals surface area (Å²) >= 11 is 0. The summed E-state index contributed by atoms with van der Waals surface area (Å²) in [7, 11) is -2.17. The fourth-order valence-electron chi connectivity index (χ4n) is 2.01. The molecule has 6 nitrogen and oxygen atoms in total. The zero-order chi connectivity index (χ0) is 17.7. The van der Waals surface area contributed by atoms with Crippen LogP contribution in [0, 0.1) is 5.82 Å². The van der Waals surface area contributed by atoms with Crippen LogP contribution in [0.3, 0.4) is 0 Å². The van der Waals surface area contributed by atoms with E-state index in [1.807, 2.05) is 0 Å². The molecule has 24 heavy (non-hydrogen) atoms. The Morgan fingerprint density at radius 1 is 1.12 bits per heavy atom. The van der Waals surface area contributed by atoms with Crippen molar-refractivity contribution in [2.24, 2.45) is 0 Å². The number of hydrogen-bond acceptors (Lipinski definition) is 4.